The van der Waals surface area contributed by atoms with E-state index in [2.05, 4.69) is 10.1 Å². The Bertz CT molecular complexity index is 367. The Balaban J connectivity index is 2.26. The summed E-state index contributed by atoms with van der Waals surface area (Å²) in [4.78, 5) is 4.38. The molecule has 0 saturated carbocycles. The van der Waals surface area contributed by atoms with E-state index in [9.17, 15) is 0 Å². The van der Waals surface area contributed by atoms with Crippen LogP contribution in [0.3, 0.4) is 0 Å². The average Bonchev–Trinajstić information content (AvgIpc) is 2.86. The van der Waals surface area contributed by atoms with Crippen LogP contribution >= 0.6 is 0 Å². The summed E-state index contributed by atoms with van der Waals surface area (Å²) in [6.07, 6.45) is 2.72. The van der Waals surface area contributed by atoms with Crippen molar-refractivity contribution in [3.8, 4) is 0 Å². The summed E-state index contributed by atoms with van der Waals surface area (Å²) < 4.78 is 10.9. The Morgan fingerprint density at radius 2 is 2.31 bits per heavy atom. The topological polar surface area (TPSA) is 74.2 Å². The van der Waals surface area contributed by atoms with Gasteiger partial charge in [-0.3, -0.25) is 0 Å². The molecule has 1 aliphatic rings. The number of hydrogen-bond donors (Lipinski definition) is 1. The maximum Gasteiger partial charge on any atom is 0.246 e. The largest absolute Gasteiger partial charge is 0.367 e. The zero-order valence-corrected chi connectivity index (χ0v) is 10.1. The lowest BCUT2D eigenvalue weighted by molar-refractivity contribution is 0.00768. The van der Waals surface area contributed by atoms with E-state index < -0.39 is 11.1 Å². The van der Waals surface area contributed by atoms with E-state index in [0.29, 0.717) is 11.7 Å². The molecule has 16 heavy (non-hydrogen) atoms. The highest BCUT2D eigenvalue weighted by molar-refractivity contribution is 5.06. The van der Waals surface area contributed by atoms with Gasteiger partial charge in [0.25, 0.3) is 0 Å². The summed E-state index contributed by atoms with van der Waals surface area (Å²) in [7, 11) is 0. The normalized spacial score (nSPS) is 29.2. The number of rotatable bonds is 3. The van der Waals surface area contributed by atoms with Crippen LogP contribution in [0.15, 0.2) is 4.52 Å². The Labute approximate surface area is 95.3 Å². The SMILES string of the molecule is CCC(C)(N)c1nc(C2(C)CCCO2)no1. The fraction of sp³-hybridized carbons (Fsp3) is 0.818. The monoisotopic (exact) mass is 225 g/mol. The van der Waals surface area contributed by atoms with E-state index in [1.807, 2.05) is 20.8 Å². The first-order valence-corrected chi connectivity index (χ1v) is 5.75. The molecule has 2 rings (SSSR count). The summed E-state index contributed by atoms with van der Waals surface area (Å²) in [6.45, 7) is 6.64. The standard InChI is InChI=1S/C11H19N3O2/c1-4-10(2,12)9-13-8(14-16-9)11(3)6-5-7-15-11/h4-7,12H2,1-3H3. The molecule has 1 saturated heterocycles. The average molecular weight is 225 g/mol. The summed E-state index contributed by atoms with van der Waals surface area (Å²) in [5, 5.41) is 3.99. The smallest absolute Gasteiger partial charge is 0.246 e. The molecule has 2 unspecified atom stereocenters. The Kier molecular flexibility index (Phi) is 2.75. The molecule has 2 atom stereocenters. The van der Waals surface area contributed by atoms with Crippen LogP contribution in [0.25, 0.3) is 0 Å². The lowest BCUT2D eigenvalue weighted by Gasteiger charge is -2.19. The molecule has 90 valence electrons. The van der Waals surface area contributed by atoms with Crippen molar-refractivity contribution in [2.75, 3.05) is 6.61 Å². The summed E-state index contributed by atoms with van der Waals surface area (Å²) >= 11 is 0. The predicted octanol–water partition coefficient (Wildman–Crippen LogP) is 1.68. The van der Waals surface area contributed by atoms with E-state index in [1.54, 1.807) is 0 Å². The Morgan fingerprint density at radius 1 is 1.56 bits per heavy atom. The maximum atomic E-state index is 6.06. The van der Waals surface area contributed by atoms with Gasteiger partial charge in [0.1, 0.15) is 5.60 Å². The van der Waals surface area contributed by atoms with Crippen LogP contribution in [0, 0.1) is 0 Å². The second-order valence-electron chi connectivity index (χ2n) is 4.88. The first-order valence-electron chi connectivity index (χ1n) is 5.75. The van der Waals surface area contributed by atoms with Gasteiger partial charge in [0, 0.05) is 6.61 Å². The third kappa shape index (κ3) is 1.85. The van der Waals surface area contributed by atoms with Gasteiger partial charge in [-0.05, 0) is 33.1 Å². The molecule has 5 heteroatoms. The Morgan fingerprint density at radius 3 is 2.88 bits per heavy atom. The zero-order chi connectivity index (χ0) is 11.8. The molecule has 1 fully saturated rings. The van der Waals surface area contributed by atoms with Gasteiger partial charge in [-0.25, -0.2) is 0 Å². The quantitative estimate of drug-likeness (QED) is 0.847. The van der Waals surface area contributed by atoms with Crippen LogP contribution in [0.5, 0.6) is 0 Å². The fourth-order valence-corrected chi connectivity index (χ4v) is 1.78. The van der Waals surface area contributed by atoms with Crippen LogP contribution in [-0.4, -0.2) is 16.7 Å². The molecular formula is C11H19N3O2. The van der Waals surface area contributed by atoms with Gasteiger partial charge in [-0.15, -0.1) is 0 Å². The van der Waals surface area contributed by atoms with Crippen molar-refractivity contribution >= 4 is 0 Å². The second kappa shape index (κ2) is 3.82. The molecule has 2 N–H and O–H groups in total. The van der Waals surface area contributed by atoms with Crippen molar-refractivity contribution < 1.29 is 9.26 Å². The zero-order valence-electron chi connectivity index (χ0n) is 10.1. The van der Waals surface area contributed by atoms with E-state index >= 15 is 0 Å². The molecule has 1 aliphatic heterocycles. The summed E-state index contributed by atoms with van der Waals surface area (Å²) in [6, 6.07) is 0. The van der Waals surface area contributed by atoms with Crippen molar-refractivity contribution in [1.29, 1.82) is 0 Å². The lowest BCUT2D eigenvalue weighted by atomic mass is 10.00. The van der Waals surface area contributed by atoms with Crippen molar-refractivity contribution in [1.82, 2.24) is 10.1 Å². The third-order valence-corrected chi connectivity index (χ3v) is 3.34. The van der Waals surface area contributed by atoms with Crippen LogP contribution in [-0.2, 0) is 15.9 Å². The van der Waals surface area contributed by atoms with Crippen LogP contribution < -0.4 is 5.73 Å². The van der Waals surface area contributed by atoms with Gasteiger partial charge in [0.2, 0.25) is 11.7 Å². The maximum absolute atomic E-state index is 6.06. The highest BCUT2D eigenvalue weighted by atomic mass is 16.5. The molecule has 2 heterocycles. The molecule has 1 aromatic rings. The van der Waals surface area contributed by atoms with E-state index in [-0.39, 0.29) is 0 Å². The van der Waals surface area contributed by atoms with Gasteiger partial charge >= 0.3 is 0 Å². The first kappa shape index (κ1) is 11.5. The van der Waals surface area contributed by atoms with Gasteiger partial charge < -0.3 is 15.0 Å². The molecule has 0 bridgehead atoms. The van der Waals surface area contributed by atoms with E-state index in [4.69, 9.17) is 15.0 Å². The second-order valence-corrected chi connectivity index (χ2v) is 4.88. The van der Waals surface area contributed by atoms with Crippen molar-refractivity contribution in [2.24, 2.45) is 5.73 Å². The number of ether oxygens (including phenoxy) is 1. The number of nitrogens with two attached hydrogens (primary N) is 1. The van der Waals surface area contributed by atoms with E-state index in [0.717, 1.165) is 25.9 Å². The molecule has 0 amide bonds. The minimum Gasteiger partial charge on any atom is -0.367 e. The molecule has 0 aliphatic carbocycles. The third-order valence-electron chi connectivity index (χ3n) is 3.34. The highest BCUT2D eigenvalue weighted by Gasteiger charge is 2.38. The fourth-order valence-electron chi connectivity index (χ4n) is 1.78. The van der Waals surface area contributed by atoms with Crippen molar-refractivity contribution in [3.63, 3.8) is 0 Å². The first-order chi connectivity index (χ1) is 7.48. The summed E-state index contributed by atoms with van der Waals surface area (Å²) in [5.41, 5.74) is 5.10. The Hall–Kier alpha value is -0.940. The molecule has 0 radical (unpaired) electrons. The molecule has 0 aromatic carbocycles. The number of hydrogen-bond acceptors (Lipinski definition) is 5. The van der Waals surface area contributed by atoms with Gasteiger partial charge in [-0.1, -0.05) is 12.1 Å². The number of aromatic nitrogens is 2. The van der Waals surface area contributed by atoms with E-state index in [1.165, 1.54) is 0 Å². The van der Waals surface area contributed by atoms with Crippen molar-refractivity contribution in [2.45, 2.75) is 51.2 Å². The van der Waals surface area contributed by atoms with Crippen LogP contribution in [0.1, 0.15) is 51.7 Å². The predicted molar refractivity (Wildman–Crippen MR) is 58.7 cm³/mol. The van der Waals surface area contributed by atoms with Crippen molar-refractivity contribution in [3.05, 3.63) is 11.7 Å². The van der Waals surface area contributed by atoms with Gasteiger partial charge in [-0.2, -0.15) is 4.98 Å². The van der Waals surface area contributed by atoms with Crippen LogP contribution in [0.4, 0.5) is 0 Å². The molecule has 1 aromatic heterocycles. The molecular weight excluding hydrogens is 206 g/mol. The molecule has 0 spiro atoms. The lowest BCUT2D eigenvalue weighted by Crippen LogP contribution is -2.32. The van der Waals surface area contributed by atoms with Crippen LogP contribution in [0.2, 0.25) is 0 Å². The van der Waals surface area contributed by atoms with Gasteiger partial charge in [0.15, 0.2) is 0 Å². The van der Waals surface area contributed by atoms with Gasteiger partial charge in [0.05, 0.1) is 5.54 Å². The minimum absolute atomic E-state index is 0.397. The number of nitrogens with zero attached hydrogens (tertiary/aromatic N) is 2. The molecule has 5 nitrogen and oxygen atoms in total. The summed E-state index contributed by atoms with van der Waals surface area (Å²) in [5.74, 6) is 1.10. The minimum atomic E-state index is -0.555. The highest BCUT2D eigenvalue weighted by Crippen LogP contribution is 2.34.